The van der Waals surface area contributed by atoms with Crippen molar-refractivity contribution in [2.45, 2.75) is 69.8 Å². The van der Waals surface area contributed by atoms with Crippen LogP contribution in [0.25, 0.3) is 0 Å². The summed E-state index contributed by atoms with van der Waals surface area (Å²) < 4.78 is 46.9. The fourth-order valence-electron chi connectivity index (χ4n) is 6.81. The highest BCUT2D eigenvalue weighted by Crippen LogP contribution is 2.41. The van der Waals surface area contributed by atoms with Gasteiger partial charge in [0.1, 0.15) is 12.4 Å². The summed E-state index contributed by atoms with van der Waals surface area (Å²) in [5.74, 6) is 0.00911. The Bertz CT molecular complexity index is 1480. The lowest BCUT2D eigenvalue weighted by molar-refractivity contribution is 0.0460. The Balaban J connectivity index is 1.49. The molecule has 1 amide bonds. The highest BCUT2D eigenvalue weighted by atomic mass is 35.5. The molecule has 2 aliphatic heterocycles. The van der Waals surface area contributed by atoms with E-state index in [4.69, 9.17) is 25.8 Å². The van der Waals surface area contributed by atoms with E-state index in [1.165, 1.54) is 0 Å². The van der Waals surface area contributed by atoms with Gasteiger partial charge in [-0.3, -0.25) is 4.79 Å². The average molecular weight is 675 g/mol. The molecule has 2 aromatic carbocycles. The normalized spacial score (nSPS) is 27.5. The number of aliphatic hydroxyl groups excluding tert-OH is 1. The molecule has 46 heavy (non-hydrogen) atoms. The molecule has 2 bridgehead atoms. The molecule has 2 N–H and O–H groups in total. The number of fused-ring (bicyclic) bond motifs is 3. The van der Waals surface area contributed by atoms with Crippen molar-refractivity contribution < 1.29 is 32.5 Å². The lowest BCUT2D eigenvalue weighted by Crippen LogP contribution is -2.44. The van der Waals surface area contributed by atoms with Crippen LogP contribution in [0.2, 0.25) is 5.02 Å². The van der Waals surface area contributed by atoms with Gasteiger partial charge in [0.2, 0.25) is 10.0 Å². The minimum Gasteiger partial charge on any atom is -0.487 e. The monoisotopic (exact) mass is 674 g/mol. The molecule has 0 unspecified atom stereocenters. The van der Waals surface area contributed by atoms with Crippen LogP contribution in [-0.2, 0) is 32.5 Å². The number of carbonyl (C=O) groups is 1. The number of benzene rings is 2. The topological polar surface area (TPSA) is 114 Å². The largest absolute Gasteiger partial charge is 0.487 e. The number of nitrogens with zero attached hydrogens (tertiary/aromatic N) is 1. The van der Waals surface area contributed by atoms with Gasteiger partial charge in [-0.1, -0.05) is 36.7 Å². The molecule has 5 atom stereocenters. The smallest absolute Gasteiger partial charge is 0.264 e. The van der Waals surface area contributed by atoms with Crippen LogP contribution in [-0.4, -0.2) is 70.8 Å². The molecule has 0 spiro atoms. The molecule has 0 aromatic heterocycles. The molecule has 1 fully saturated rings. The molecular formula is C35H47ClN2O7S. The first-order valence-corrected chi connectivity index (χ1v) is 18.3. The van der Waals surface area contributed by atoms with Crippen LogP contribution in [0.3, 0.4) is 0 Å². The number of allylic oxidation sites excluding steroid dienone is 1. The number of aliphatic hydroxyl groups is 1. The zero-order valence-electron chi connectivity index (χ0n) is 26.8. The summed E-state index contributed by atoms with van der Waals surface area (Å²) in [6.45, 7) is 4.61. The number of rotatable bonds is 6. The van der Waals surface area contributed by atoms with Crippen LogP contribution in [0.5, 0.6) is 5.75 Å². The third kappa shape index (κ3) is 8.63. The van der Waals surface area contributed by atoms with Gasteiger partial charge in [-0.2, -0.15) is 0 Å². The van der Waals surface area contributed by atoms with E-state index < -0.39 is 27.3 Å². The molecular weight excluding hydrogens is 628 g/mol. The summed E-state index contributed by atoms with van der Waals surface area (Å²) in [6, 6.07) is 11.0. The van der Waals surface area contributed by atoms with Crippen molar-refractivity contribution in [2.75, 3.05) is 44.9 Å². The highest BCUT2D eigenvalue weighted by molar-refractivity contribution is 7.90. The first-order valence-electron chi connectivity index (χ1n) is 16.4. The number of amides is 1. The van der Waals surface area contributed by atoms with E-state index in [1.54, 1.807) is 25.3 Å². The number of halogens is 1. The maximum absolute atomic E-state index is 13.7. The molecule has 1 saturated carbocycles. The van der Waals surface area contributed by atoms with Crippen LogP contribution in [0.15, 0.2) is 48.6 Å². The van der Waals surface area contributed by atoms with Crippen LogP contribution >= 0.6 is 11.6 Å². The molecule has 0 saturated heterocycles. The fraction of sp³-hybridized carbons (Fsp3) is 0.571. The van der Waals surface area contributed by atoms with Crippen LogP contribution in [0, 0.1) is 17.8 Å². The number of carbonyl (C=O) groups excluding carboxylic acids is 1. The maximum atomic E-state index is 13.7. The molecule has 252 valence electrons. The number of methoxy groups -OCH3 is 1. The summed E-state index contributed by atoms with van der Waals surface area (Å²) in [5, 5.41) is 11.0. The van der Waals surface area contributed by atoms with E-state index in [-0.39, 0.29) is 36.3 Å². The molecule has 9 nitrogen and oxygen atoms in total. The van der Waals surface area contributed by atoms with Gasteiger partial charge in [-0.05, 0) is 104 Å². The number of anilines is 1. The number of hydrogen-bond donors (Lipinski definition) is 2. The van der Waals surface area contributed by atoms with Crippen molar-refractivity contribution in [1.82, 2.24) is 4.72 Å². The second-order valence-electron chi connectivity index (χ2n) is 12.8. The zero-order chi connectivity index (χ0) is 32.7. The second kappa shape index (κ2) is 16.0. The van der Waals surface area contributed by atoms with Crippen LogP contribution in [0.1, 0.15) is 66.9 Å². The van der Waals surface area contributed by atoms with Crippen molar-refractivity contribution in [3.05, 3.63) is 70.3 Å². The summed E-state index contributed by atoms with van der Waals surface area (Å²) in [7, 11) is -2.50. The van der Waals surface area contributed by atoms with E-state index in [0.29, 0.717) is 43.6 Å². The quantitative estimate of drug-likeness (QED) is 0.304. The molecule has 0 radical (unpaired) electrons. The third-order valence-corrected chi connectivity index (χ3v) is 11.9. The van der Waals surface area contributed by atoms with E-state index in [2.05, 4.69) is 9.62 Å². The Morgan fingerprint density at radius 1 is 1.09 bits per heavy atom. The molecule has 11 heteroatoms. The lowest BCUT2D eigenvalue weighted by Gasteiger charge is -2.42. The van der Waals surface area contributed by atoms with Gasteiger partial charge >= 0.3 is 0 Å². The Morgan fingerprint density at radius 2 is 1.93 bits per heavy atom. The predicted molar refractivity (Wildman–Crippen MR) is 180 cm³/mol. The first-order chi connectivity index (χ1) is 22.2. The minimum absolute atomic E-state index is 0.105. The number of aryl methyl sites for hydroxylation is 1. The number of nitrogens with one attached hydrogen (secondary N) is 1. The number of ether oxygens (including phenoxy) is 3. The Morgan fingerprint density at radius 3 is 2.72 bits per heavy atom. The Kier molecular flexibility index (Phi) is 12.1. The highest BCUT2D eigenvalue weighted by Gasteiger charge is 2.37. The van der Waals surface area contributed by atoms with Crippen molar-refractivity contribution in [1.29, 1.82) is 0 Å². The van der Waals surface area contributed by atoms with Gasteiger partial charge in [0.15, 0.2) is 0 Å². The second-order valence-corrected chi connectivity index (χ2v) is 15.2. The molecule has 2 aromatic rings. The minimum atomic E-state index is -4.08. The van der Waals surface area contributed by atoms with Crippen molar-refractivity contribution in [2.24, 2.45) is 17.8 Å². The van der Waals surface area contributed by atoms with Gasteiger partial charge in [0, 0.05) is 37.4 Å². The van der Waals surface area contributed by atoms with Gasteiger partial charge in [-0.25, -0.2) is 13.1 Å². The van der Waals surface area contributed by atoms with E-state index in [1.807, 2.05) is 37.3 Å². The predicted octanol–water partition coefficient (Wildman–Crippen LogP) is 5.53. The Labute approximate surface area is 278 Å². The SMILES string of the molecule is COCCOCC[C@H]1[C@H](C)C/C=C/[C@H](O)[C@@H]2CC[C@H]2CN2CCCCc3cc(Cl)ccc3COc3ccc(cc32)C(=O)NS1(=O)=O. The van der Waals surface area contributed by atoms with E-state index >= 15 is 0 Å². The van der Waals surface area contributed by atoms with Crippen LogP contribution < -0.4 is 14.4 Å². The average Bonchev–Trinajstić information content (AvgIpc) is 3.03. The van der Waals surface area contributed by atoms with Gasteiger partial charge in [-0.15, -0.1) is 0 Å². The van der Waals surface area contributed by atoms with Crippen molar-refractivity contribution in [3.8, 4) is 5.75 Å². The van der Waals surface area contributed by atoms with Crippen molar-refractivity contribution >= 4 is 33.2 Å². The van der Waals surface area contributed by atoms with Gasteiger partial charge < -0.3 is 24.2 Å². The first kappa shape index (κ1) is 34.7. The standard InChI is InChI=1S/C35H47ClN2O7S/c1-24-6-5-8-32(39)30-13-10-27(30)22-38-16-4-3-7-25-20-29(36)12-9-28(25)23-45-33-14-11-26(21-31(33)38)35(40)37-46(41,42)34(24)15-17-44-19-18-43-2/h5,8-9,11-12,14,20-21,24,27,30,32,34,39H,3-4,6-7,10,13,15-19,22-23H2,1-2H3,(H,37,40)/b8-5+/t24-,27+,30-,32+,34+/m1/s1. The summed E-state index contributed by atoms with van der Waals surface area (Å²) >= 11 is 6.32. The fourth-order valence-corrected chi connectivity index (χ4v) is 8.67. The molecule has 1 aliphatic carbocycles. The zero-order valence-corrected chi connectivity index (χ0v) is 28.4. The molecule has 2 heterocycles. The Hall–Kier alpha value is -2.63. The molecule has 5 rings (SSSR count). The van der Waals surface area contributed by atoms with E-state index in [9.17, 15) is 18.3 Å². The summed E-state index contributed by atoms with van der Waals surface area (Å²) in [5.41, 5.74) is 3.22. The van der Waals surface area contributed by atoms with Crippen LogP contribution in [0.4, 0.5) is 5.69 Å². The summed E-state index contributed by atoms with van der Waals surface area (Å²) in [6.07, 6.45) is 8.42. The summed E-state index contributed by atoms with van der Waals surface area (Å²) in [4.78, 5) is 15.9. The number of sulfonamides is 1. The van der Waals surface area contributed by atoms with E-state index in [0.717, 1.165) is 55.5 Å². The number of hydrogen-bond acceptors (Lipinski definition) is 8. The lowest BCUT2D eigenvalue weighted by atomic mass is 9.70. The van der Waals surface area contributed by atoms with Gasteiger partial charge in [0.05, 0.1) is 30.3 Å². The van der Waals surface area contributed by atoms with Crippen molar-refractivity contribution in [3.63, 3.8) is 0 Å². The molecule has 3 aliphatic rings. The maximum Gasteiger partial charge on any atom is 0.264 e. The third-order valence-electron chi connectivity index (χ3n) is 9.70. The van der Waals surface area contributed by atoms with Gasteiger partial charge in [0.25, 0.3) is 5.91 Å².